The Balaban J connectivity index is 2.06. The molecule has 4 heteroatoms. The first-order valence-corrected chi connectivity index (χ1v) is 7.20. The van der Waals surface area contributed by atoms with Gasteiger partial charge in [-0.2, -0.15) is 0 Å². The third-order valence-electron chi connectivity index (χ3n) is 4.28. The van der Waals surface area contributed by atoms with Gasteiger partial charge in [-0.15, -0.1) is 0 Å². The highest BCUT2D eigenvalue weighted by atomic mass is 16.5. The predicted molar refractivity (Wildman–Crippen MR) is 71.1 cm³/mol. The lowest BCUT2D eigenvalue weighted by atomic mass is 10.0. The van der Waals surface area contributed by atoms with Gasteiger partial charge in [-0.05, 0) is 24.7 Å². The van der Waals surface area contributed by atoms with Crippen LogP contribution >= 0.6 is 0 Å². The van der Waals surface area contributed by atoms with E-state index in [1.807, 2.05) is 4.90 Å². The molecule has 2 aliphatic rings. The summed E-state index contributed by atoms with van der Waals surface area (Å²) < 4.78 is 5.14. The second kappa shape index (κ2) is 6.02. The van der Waals surface area contributed by atoms with Crippen molar-refractivity contribution in [2.45, 2.75) is 51.7 Å². The molecule has 0 bridgehead atoms. The smallest absolute Gasteiger partial charge is 0.241 e. The molecular weight excluding hydrogens is 228 g/mol. The Morgan fingerprint density at radius 1 is 1.39 bits per heavy atom. The molecule has 4 nitrogen and oxygen atoms in total. The van der Waals surface area contributed by atoms with E-state index in [-0.39, 0.29) is 18.1 Å². The van der Waals surface area contributed by atoms with Crippen LogP contribution in [0.3, 0.4) is 0 Å². The van der Waals surface area contributed by atoms with Crippen LogP contribution in [0.2, 0.25) is 0 Å². The summed E-state index contributed by atoms with van der Waals surface area (Å²) in [6.07, 6.45) is 5.35. The van der Waals surface area contributed by atoms with Gasteiger partial charge in [-0.25, -0.2) is 0 Å². The monoisotopic (exact) mass is 254 g/mol. The van der Waals surface area contributed by atoms with E-state index in [4.69, 9.17) is 4.74 Å². The standard InChI is InChI=1S/C14H26N2O2/c1-10(2)12-14(17)16(8-9-18-3)13(15-12)11-6-4-5-7-11/h10-13,15H,4-9H2,1-3H3. The van der Waals surface area contributed by atoms with Crippen LogP contribution in [0.15, 0.2) is 0 Å². The lowest BCUT2D eigenvalue weighted by molar-refractivity contribution is -0.131. The number of hydrogen-bond acceptors (Lipinski definition) is 3. The van der Waals surface area contributed by atoms with Crippen molar-refractivity contribution in [1.29, 1.82) is 0 Å². The minimum Gasteiger partial charge on any atom is -0.383 e. The lowest BCUT2D eigenvalue weighted by Crippen LogP contribution is -2.44. The van der Waals surface area contributed by atoms with Crippen LogP contribution in [0.4, 0.5) is 0 Å². The van der Waals surface area contributed by atoms with Crippen LogP contribution < -0.4 is 5.32 Å². The Morgan fingerprint density at radius 3 is 2.61 bits per heavy atom. The number of carbonyl (C=O) groups is 1. The number of carbonyl (C=O) groups excluding carboxylic acids is 1. The Labute approximate surface area is 110 Å². The number of nitrogens with one attached hydrogen (secondary N) is 1. The van der Waals surface area contributed by atoms with Crippen LogP contribution in [-0.4, -0.2) is 43.3 Å². The molecule has 104 valence electrons. The van der Waals surface area contributed by atoms with Gasteiger partial charge in [0.15, 0.2) is 0 Å². The number of methoxy groups -OCH3 is 1. The van der Waals surface area contributed by atoms with Gasteiger partial charge < -0.3 is 9.64 Å². The molecular formula is C14H26N2O2. The summed E-state index contributed by atoms with van der Waals surface area (Å²) in [6, 6.07) is -0.00699. The molecule has 1 aliphatic carbocycles. The van der Waals surface area contributed by atoms with Crippen molar-refractivity contribution in [1.82, 2.24) is 10.2 Å². The predicted octanol–water partition coefficient (Wildman–Crippen LogP) is 1.61. The highest BCUT2D eigenvalue weighted by molar-refractivity contribution is 5.84. The molecule has 2 fully saturated rings. The van der Waals surface area contributed by atoms with E-state index < -0.39 is 0 Å². The maximum Gasteiger partial charge on any atom is 0.241 e. The average Bonchev–Trinajstić information content (AvgIpc) is 2.94. The molecule has 0 aromatic carbocycles. The third-order valence-corrected chi connectivity index (χ3v) is 4.28. The molecule has 0 aromatic heterocycles. The molecule has 2 atom stereocenters. The Kier molecular flexibility index (Phi) is 4.62. The fraction of sp³-hybridized carbons (Fsp3) is 0.929. The number of nitrogens with zero attached hydrogens (tertiary/aromatic N) is 1. The van der Waals surface area contributed by atoms with Crippen molar-refractivity contribution in [3.8, 4) is 0 Å². The molecule has 0 aromatic rings. The first kappa shape index (κ1) is 13.8. The zero-order chi connectivity index (χ0) is 13.1. The van der Waals surface area contributed by atoms with Crippen LogP contribution in [-0.2, 0) is 9.53 Å². The Hall–Kier alpha value is -0.610. The fourth-order valence-electron chi connectivity index (χ4n) is 3.24. The summed E-state index contributed by atoms with van der Waals surface area (Å²) in [5.74, 6) is 1.25. The summed E-state index contributed by atoms with van der Waals surface area (Å²) in [5.41, 5.74) is 0. The maximum atomic E-state index is 12.4. The van der Waals surface area contributed by atoms with Crippen molar-refractivity contribution in [2.75, 3.05) is 20.3 Å². The molecule has 2 unspecified atom stereocenters. The molecule has 1 saturated carbocycles. The van der Waals surface area contributed by atoms with E-state index in [0.29, 0.717) is 25.0 Å². The van der Waals surface area contributed by atoms with Gasteiger partial charge >= 0.3 is 0 Å². The molecule has 0 spiro atoms. The van der Waals surface area contributed by atoms with Crippen molar-refractivity contribution in [3.63, 3.8) is 0 Å². The molecule has 2 rings (SSSR count). The van der Waals surface area contributed by atoms with Gasteiger partial charge in [0.1, 0.15) is 0 Å². The fourth-order valence-corrected chi connectivity index (χ4v) is 3.24. The van der Waals surface area contributed by atoms with Crippen molar-refractivity contribution >= 4 is 5.91 Å². The van der Waals surface area contributed by atoms with Gasteiger partial charge in [0.05, 0.1) is 18.8 Å². The van der Waals surface area contributed by atoms with E-state index in [9.17, 15) is 4.79 Å². The number of rotatable bonds is 5. The Morgan fingerprint density at radius 2 is 2.06 bits per heavy atom. The average molecular weight is 254 g/mol. The maximum absolute atomic E-state index is 12.4. The van der Waals surface area contributed by atoms with Gasteiger partial charge in [0, 0.05) is 13.7 Å². The molecule has 1 amide bonds. The SMILES string of the molecule is COCCN1C(=O)C(C(C)C)NC1C1CCCC1. The summed E-state index contributed by atoms with van der Waals surface area (Å²) in [4.78, 5) is 14.4. The highest BCUT2D eigenvalue weighted by Gasteiger charge is 2.43. The van der Waals surface area contributed by atoms with E-state index >= 15 is 0 Å². The van der Waals surface area contributed by atoms with Gasteiger partial charge in [-0.3, -0.25) is 10.1 Å². The zero-order valence-corrected chi connectivity index (χ0v) is 11.8. The normalized spacial score (nSPS) is 29.8. The third kappa shape index (κ3) is 2.69. The first-order valence-electron chi connectivity index (χ1n) is 7.20. The van der Waals surface area contributed by atoms with Crippen molar-refractivity contribution in [3.05, 3.63) is 0 Å². The van der Waals surface area contributed by atoms with Crippen LogP contribution in [0.25, 0.3) is 0 Å². The minimum absolute atomic E-state index is 0.00699. The molecule has 1 saturated heterocycles. The summed E-state index contributed by atoms with van der Waals surface area (Å²) in [5, 5.41) is 3.56. The molecule has 1 aliphatic heterocycles. The quantitative estimate of drug-likeness (QED) is 0.810. The lowest BCUT2D eigenvalue weighted by Gasteiger charge is -2.28. The van der Waals surface area contributed by atoms with Gasteiger partial charge in [0.2, 0.25) is 5.91 Å². The van der Waals surface area contributed by atoms with Gasteiger partial charge in [-0.1, -0.05) is 26.7 Å². The van der Waals surface area contributed by atoms with Crippen molar-refractivity contribution in [2.24, 2.45) is 11.8 Å². The Bertz CT molecular complexity index is 288. The van der Waals surface area contributed by atoms with Crippen molar-refractivity contribution < 1.29 is 9.53 Å². The minimum atomic E-state index is -0.00699. The summed E-state index contributed by atoms with van der Waals surface area (Å²) >= 11 is 0. The van der Waals surface area contributed by atoms with E-state index in [2.05, 4.69) is 19.2 Å². The van der Waals surface area contributed by atoms with Crippen LogP contribution in [0, 0.1) is 11.8 Å². The van der Waals surface area contributed by atoms with E-state index in [0.717, 1.165) is 0 Å². The number of amides is 1. The topological polar surface area (TPSA) is 41.6 Å². The largest absolute Gasteiger partial charge is 0.383 e. The first-order chi connectivity index (χ1) is 8.65. The van der Waals surface area contributed by atoms with E-state index in [1.54, 1.807) is 7.11 Å². The molecule has 1 N–H and O–H groups in total. The van der Waals surface area contributed by atoms with Crippen LogP contribution in [0.1, 0.15) is 39.5 Å². The summed E-state index contributed by atoms with van der Waals surface area (Å²) in [7, 11) is 1.69. The molecule has 0 radical (unpaired) electrons. The second-order valence-electron chi connectivity index (χ2n) is 5.90. The number of ether oxygens (including phenoxy) is 1. The number of hydrogen-bond donors (Lipinski definition) is 1. The molecule has 1 heterocycles. The second-order valence-corrected chi connectivity index (χ2v) is 5.90. The zero-order valence-electron chi connectivity index (χ0n) is 11.8. The van der Waals surface area contributed by atoms with E-state index in [1.165, 1.54) is 25.7 Å². The van der Waals surface area contributed by atoms with Crippen LogP contribution in [0.5, 0.6) is 0 Å². The van der Waals surface area contributed by atoms with Gasteiger partial charge in [0.25, 0.3) is 0 Å². The highest BCUT2D eigenvalue weighted by Crippen LogP contribution is 2.32. The summed E-state index contributed by atoms with van der Waals surface area (Å²) in [6.45, 7) is 5.57. The molecule has 18 heavy (non-hydrogen) atoms.